The third kappa shape index (κ3) is 4.41. The van der Waals surface area contributed by atoms with Crippen LogP contribution in [-0.4, -0.2) is 36.8 Å². The number of hydrogen-bond acceptors (Lipinski definition) is 5. The van der Waals surface area contributed by atoms with E-state index in [2.05, 4.69) is 26.3 Å². The third-order valence-electron chi connectivity index (χ3n) is 2.29. The van der Waals surface area contributed by atoms with E-state index in [0.29, 0.717) is 29.7 Å². The van der Waals surface area contributed by atoms with Crippen molar-refractivity contribution in [2.24, 2.45) is 0 Å². The summed E-state index contributed by atoms with van der Waals surface area (Å²) in [7, 11) is -2.94. The molecule has 0 aliphatic heterocycles. The van der Waals surface area contributed by atoms with Gasteiger partial charge in [-0.3, -0.25) is 4.79 Å². The summed E-state index contributed by atoms with van der Waals surface area (Å²) < 4.78 is 23.6. The van der Waals surface area contributed by atoms with Gasteiger partial charge in [0.15, 0.2) is 0 Å². The van der Waals surface area contributed by atoms with Gasteiger partial charge in [-0.25, -0.2) is 13.1 Å². The highest BCUT2D eigenvalue weighted by Gasteiger charge is 2.07. The molecule has 6 nitrogen and oxygen atoms in total. The molecule has 0 spiro atoms. The summed E-state index contributed by atoms with van der Waals surface area (Å²) in [4.78, 5) is 11.7. The standard InChI is InChI=1S/C10H16BrN3O3S/c1-3-14-10(15)9(11)8(7-13-14)12-5-4-6-18(2,16)17/h7,12H,3-6H2,1-2H3. The number of aromatic nitrogens is 2. The second-order valence-electron chi connectivity index (χ2n) is 3.90. The van der Waals surface area contributed by atoms with Gasteiger partial charge in [0, 0.05) is 19.3 Å². The van der Waals surface area contributed by atoms with Crippen molar-refractivity contribution in [2.45, 2.75) is 19.9 Å². The molecule has 0 aliphatic rings. The van der Waals surface area contributed by atoms with E-state index < -0.39 is 9.84 Å². The topological polar surface area (TPSA) is 81.1 Å². The summed E-state index contributed by atoms with van der Waals surface area (Å²) in [6.07, 6.45) is 3.24. The first-order valence-corrected chi connectivity index (χ1v) is 8.37. The van der Waals surface area contributed by atoms with Crippen LogP contribution < -0.4 is 10.9 Å². The van der Waals surface area contributed by atoms with Crippen LogP contribution in [0, 0.1) is 0 Å². The monoisotopic (exact) mass is 337 g/mol. The Kier molecular flexibility index (Phi) is 5.33. The van der Waals surface area contributed by atoms with Crippen LogP contribution in [0.3, 0.4) is 0 Å². The summed E-state index contributed by atoms with van der Waals surface area (Å²) in [5.74, 6) is 0.122. The lowest BCUT2D eigenvalue weighted by Crippen LogP contribution is -2.24. The Morgan fingerprint density at radius 2 is 2.17 bits per heavy atom. The van der Waals surface area contributed by atoms with Crippen molar-refractivity contribution in [1.29, 1.82) is 0 Å². The maximum atomic E-state index is 11.7. The smallest absolute Gasteiger partial charge is 0.283 e. The van der Waals surface area contributed by atoms with E-state index in [9.17, 15) is 13.2 Å². The second kappa shape index (κ2) is 6.33. The third-order valence-corrected chi connectivity index (χ3v) is 4.09. The van der Waals surface area contributed by atoms with Crippen molar-refractivity contribution < 1.29 is 8.42 Å². The molecule has 0 radical (unpaired) electrons. The summed E-state index contributed by atoms with van der Waals surface area (Å²) in [5, 5.41) is 6.97. The van der Waals surface area contributed by atoms with Crippen LogP contribution in [-0.2, 0) is 16.4 Å². The predicted octanol–water partition coefficient (Wildman–Crippen LogP) is 0.872. The fraction of sp³-hybridized carbons (Fsp3) is 0.600. The Hall–Kier alpha value is -0.890. The quantitative estimate of drug-likeness (QED) is 0.779. The normalized spacial score (nSPS) is 11.5. The molecule has 0 bridgehead atoms. The largest absolute Gasteiger partial charge is 0.383 e. The minimum atomic E-state index is -2.94. The van der Waals surface area contributed by atoms with Crippen molar-refractivity contribution >= 4 is 31.5 Å². The molecule has 0 atom stereocenters. The zero-order chi connectivity index (χ0) is 13.8. The van der Waals surface area contributed by atoms with Gasteiger partial charge >= 0.3 is 0 Å². The molecule has 1 N–H and O–H groups in total. The Morgan fingerprint density at radius 3 is 2.72 bits per heavy atom. The minimum absolute atomic E-state index is 0.122. The first kappa shape index (κ1) is 15.2. The zero-order valence-corrected chi connectivity index (χ0v) is 12.7. The van der Waals surface area contributed by atoms with E-state index in [1.165, 1.54) is 10.9 Å². The van der Waals surface area contributed by atoms with Gasteiger partial charge in [0.2, 0.25) is 0 Å². The number of aryl methyl sites for hydroxylation is 1. The van der Waals surface area contributed by atoms with Crippen molar-refractivity contribution in [3.8, 4) is 0 Å². The molecule has 102 valence electrons. The van der Waals surface area contributed by atoms with Crippen molar-refractivity contribution in [3.05, 3.63) is 21.0 Å². The van der Waals surface area contributed by atoms with Crippen LogP contribution in [0.1, 0.15) is 13.3 Å². The number of nitrogens with zero attached hydrogens (tertiary/aromatic N) is 2. The summed E-state index contributed by atoms with van der Waals surface area (Å²) in [6.45, 7) is 2.81. The Bertz CT molecular complexity index is 568. The molecular weight excluding hydrogens is 322 g/mol. The van der Waals surface area contributed by atoms with Crippen molar-refractivity contribution in [3.63, 3.8) is 0 Å². The van der Waals surface area contributed by atoms with E-state index in [-0.39, 0.29) is 11.3 Å². The fourth-order valence-electron chi connectivity index (χ4n) is 1.37. The molecule has 1 aromatic heterocycles. The Balaban J connectivity index is 2.64. The SMILES string of the molecule is CCn1ncc(NCCCS(C)(=O)=O)c(Br)c1=O. The number of anilines is 1. The second-order valence-corrected chi connectivity index (χ2v) is 6.96. The molecule has 0 fully saturated rings. The molecule has 0 saturated heterocycles. The van der Waals surface area contributed by atoms with E-state index >= 15 is 0 Å². The minimum Gasteiger partial charge on any atom is -0.383 e. The molecule has 1 heterocycles. The maximum absolute atomic E-state index is 11.7. The molecule has 8 heteroatoms. The van der Waals surface area contributed by atoms with Gasteiger partial charge in [0.1, 0.15) is 14.3 Å². The van der Waals surface area contributed by atoms with E-state index in [4.69, 9.17) is 0 Å². The predicted molar refractivity (Wildman–Crippen MR) is 74.7 cm³/mol. The molecular formula is C10H16BrN3O3S. The number of halogens is 1. The lowest BCUT2D eigenvalue weighted by Gasteiger charge is -2.09. The zero-order valence-electron chi connectivity index (χ0n) is 10.3. The van der Waals surface area contributed by atoms with Crippen LogP contribution in [0.15, 0.2) is 15.5 Å². The van der Waals surface area contributed by atoms with E-state index in [0.717, 1.165) is 0 Å². The first-order chi connectivity index (χ1) is 8.35. The van der Waals surface area contributed by atoms with Gasteiger partial charge in [-0.2, -0.15) is 5.10 Å². The lowest BCUT2D eigenvalue weighted by atomic mass is 10.4. The highest BCUT2D eigenvalue weighted by Crippen LogP contribution is 2.15. The highest BCUT2D eigenvalue weighted by molar-refractivity contribution is 9.10. The molecule has 0 amide bonds. The summed E-state index contributed by atoms with van der Waals surface area (Å²) in [5.41, 5.74) is 0.379. The van der Waals surface area contributed by atoms with Gasteiger partial charge in [-0.1, -0.05) is 0 Å². The Labute approximate surface area is 114 Å². The van der Waals surface area contributed by atoms with Gasteiger partial charge in [0.25, 0.3) is 5.56 Å². The number of hydrogen-bond donors (Lipinski definition) is 1. The molecule has 1 aromatic rings. The van der Waals surface area contributed by atoms with Crippen LogP contribution >= 0.6 is 15.9 Å². The summed E-state index contributed by atoms with van der Waals surface area (Å²) in [6, 6.07) is 0. The van der Waals surface area contributed by atoms with Crippen LogP contribution in [0.4, 0.5) is 5.69 Å². The average molecular weight is 338 g/mol. The van der Waals surface area contributed by atoms with Gasteiger partial charge in [-0.15, -0.1) is 0 Å². The summed E-state index contributed by atoms with van der Waals surface area (Å²) >= 11 is 3.21. The molecule has 0 aliphatic carbocycles. The number of sulfone groups is 1. The number of nitrogens with one attached hydrogen (secondary N) is 1. The fourth-order valence-corrected chi connectivity index (χ4v) is 2.49. The first-order valence-electron chi connectivity index (χ1n) is 5.52. The molecule has 1 rings (SSSR count). The van der Waals surface area contributed by atoms with Gasteiger partial charge < -0.3 is 5.32 Å². The highest BCUT2D eigenvalue weighted by atomic mass is 79.9. The van der Waals surface area contributed by atoms with Crippen molar-refractivity contribution in [2.75, 3.05) is 23.9 Å². The van der Waals surface area contributed by atoms with E-state index in [1.807, 2.05) is 6.92 Å². The maximum Gasteiger partial charge on any atom is 0.283 e. The molecule has 0 unspecified atom stereocenters. The van der Waals surface area contributed by atoms with Crippen LogP contribution in [0.2, 0.25) is 0 Å². The van der Waals surface area contributed by atoms with Crippen molar-refractivity contribution in [1.82, 2.24) is 9.78 Å². The lowest BCUT2D eigenvalue weighted by molar-refractivity contribution is 0.599. The van der Waals surface area contributed by atoms with E-state index in [1.54, 1.807) is 6.20 Å². The van der Waals surface area contributed by atoms with Crippen LogP contribution in [0.5, 0.6) is 0 Å². The molecule has 0 saturated carbocycles. The van der Waals surface area contributed by atoms with Gasteiger partial charge in [0.05, 0.1) is 17.6 Å². The molecule has 0 aromatic carbocycles. The van der Waals surface area contributed by atoms with Gasteiger partial charge in [-0.05, 0) is 29.3 Å². The van der Waals surface area contributed by atoms with Crippen LogP contribution in [0.25, 0.3) is 0 Å². The Morgan fingerprint density at radius 1 is 1.50 bits per heavy atom. The number of rotatable bonds is 6. The average Bonchev–Trinajstić information content (AvgIpc) is 2.28. The molecule has 18 heavy (non-hydrogen) atoms.